The molecule has 2 rings (SSSR count). The summed E-state index contributed by atoms with van der Waals surface area (Å²) in [5, 5.41) is 24.0. The summed E-state index contributed by atoms with van der Waals surface area (Å²) in [6.07, 6.45) is -2.16. The zero-order valence-corrected chi connectivity index (χ0v) is 17.7. The number of aliphatic hydroxyl groups is 1. The van der Waals surface area contributed by atoms with Crippen LogP contribution in [0.2, 0.25) is 0 Å². The molecule has 2 atom stereocenters. The van der Waals surface area contributed by atoms with Crippen LogP contribution in [0.25, 0.3) is 0 Å². The summed E-state index contributed by atoms with van der Waals surface area (Å²) in [4.78, 5) is 35.2. The van der Waals surface area contributed by atoms with E-state index < -0.39 is 30.1 Å². The largest absolute Gasteiger partial charge is 0.480 e. The summed E-state index contributed by atoms with van der Waals surface area (Å²) >= 11 is 3.30. The number of aliphatic hydroxyl groups excluding tert-OH is 1. The van der Waals surface area contributed by atoms with Crippen LogP contribution in [0.15, 0.2) is 59.1 Å². The van der Waals surface area contributed by atoms with Gasteiger partial charge in [-0.3, -0.25) is 4.79 Å². The van der Waals surface area contributed by atoms with Gasteiger partial charge < -0.3 is 25.6 Å². The van der Waals surface area contributed by atoms with Crippen molar-refractivity contribution in [2.24, 2.45) is 0 Å². The van der Waals surface area contributed by atoms with Crippen molar-refractivity contribution in [3.8, 4) is 0 Å². The summed E-state index contributed by atoms with van der Waals surface area (Å²) in [5.74, 6) is -1.81. The van der Waals surface area contributed by atoms with Crippen molar-refractivity contribution in [2.45, 2.75) is 31.6 Å². The molecule has 0 aromatic heterocycles. The number of carboxylic acids is 1. The number of rotatable bonds is 10. The van der Waals surface area contributed by atoms with Gasteiger partial charge in [-0.2, -0.15) is 0 Å². The molecule has 4 N–H and O–H groups in total. The lowest BCUT2D eigenvalue weighted by molar-refractivity contribution is -0.142. The van der Waals surface area contributed by atoms with Gasteiger partial charge in [0.25, 0.3) is 0 Å². The Hall–Kier alpha value is -2.91. The molecular weight excluding hydrogens is 456 g/mol. The van der Waals surface area contributed by atoms with E-state index >= 15 is 0 Å². The third kappa shape index (κ3) is 8.62. The van der Waals surface area contributed by atoms with Crippen molar-refractivity contribution in [1.82, 2.24) is 10.6 Å². The van der Waals surface area contributed by atoms with E-state index in [-0.39, 0.29) is 26.0 Å². The van der Waals surface area contributed by atoms with Crippen LogP contribution in [0.3, 0.4) is 0 Å². The van der Waals surface area contributed by atoms with Crippen molar-refractivity contribution in [1.29, 1.82) is 0 Å². The molecule has 30 heavy (non-hydrogen) atoms. The maximum atomic E-state index is 12.1. The van der Waals surface area contributed by atoms with Gasteiger partial charge in [-0.1, -0.05) is 58.4 Å². The van der Waals surface area contributed by atoms with Crippen LogP contribution < -0.4 is 10.6 Å². The number of nitrogens with one attached hydrogen (secondary N) is 2. The Balaban J connectivity index is 1.73. The first-order valence-electron chi connectivity index (χ1n) is 9.22. The van der Waals surface area contributed by atoms with Crippen LogP contribution in [0.5, 0.6) is 0 Å². The number of amides is 2. The van der Waals surface area contributed by atoms with Crippen molar-refractivity contribution in [3.05, 3.63) is 70.2 Å². The smallest absolute Gasteiger partial charge is 0.407 e. The number of carbonyl (C=O) groups excluding carboxylic acids is 2. The van der Waals surface area contributed by atoms with Crippen molar-refractivity contribution >= 4 is 33.9 Å². The molecule has 0 spiro atoms. The quantitative estimate of drug-likeness (QED) is 0.414. The van der Waals surface area contributed by atoms with Crippen LogP contribution in [0.1, 0.15) is 17.5 Å². The van der Waals surface area contributed by atoms with Gasteiger partial charge in [0.2, 0.25) is 5.91 Å². The Morgan fingerprint density at radius 2 is 1.67 bits per heavy atom. The van der Waals surface area contributed by atoms with Crippen LogP contribution in [0.4, 0.5) is 4.79 Å². The third-order valence-electron chi connectivity index (χ3n) is 4.10. The van der Waals surface area contributed by atoms with Crippen LogP contribution >= 0.6 is 15.9 Å². The molecule has 8 nitrogen and oxygen atoms in total. The van der Waals surface area contributed by atoms with E-state index in [1.165, 1.54) is 0 Å². The highest BCUT2D eigenvalue weighted by Crippen LogP contribution is 2.12. The number of carboxylic acid groups (broad SMARTS) is 1. The molecule has 2 aromatic rings. The Labute approximate surface area is 182 Å². The summed E-state index contributed by atoms with van der Waals surface area (Å²) in [7, 11) is 0. The predicted molar refractivity (Wildman–Crippen MR) is 113 cm³/mol. The molecule has 0 saturated heterocycles. The number of halogens is 1. The third-order valence-corrected chi connectivity index (χ3v) is 4.63. The summed E-state index contributed by atoms with van der Waals surface area (Å²) in [6, 6.07) is 15.0. The molecule has 0 radical (unpaired) electrons. The average Bonchev–Trinajstić information content (AvgIpc) is 2.72. The topological polar surface area (TPSA) is 125 Å². The number of aliphatic carboxylic acids is 1. The number of ether oxygens (including phenoxy) is 1. The second kappa shape index (κ2) is 11.9. The minimum Gasteiger partial charge on any atom is -0.480 e. The van der Waals surface area contributed by atoms with E-state index in [0.29, 0.717) is 0 Å². The average molecular weight is 479 g/mol. The fourth-order valence-electron chi connectivity index (χ4n) is 2.57. The standard InChI is InChI=1S/C21H23BrN2O6/c22-16-8-6-14(7-9-16)10-18(20(27)28)24-19(26)11-17(25)12-23-21(29)30-13-15-4-2-1-3-5-15/h1-9,17-18,25H,10-13H2,(H,23,29)(H,24,26)(H,27,28)/t17-,18-/m1/s1. The first kappa shape index (κ1) is 23.4. The molecule has 160 valence electrons. The van der Waals surface area contributed by atoms with E-state index in [1.54, 1.807) is 36.4 Å². The normalized spacial score (nSPS) is 12.5. The monoisotopic (exact) mass is 478 g/mol. The Morgan fingerprint density at radius 3 is 2.30 bits per heavy atom. The number of hydrogen-bond donors (Lipinski definition) is 4. The lowest BCUT2D eigenvalue weighted by Crippen LogP contribution is -2.44. The fraction of sp³-hybridized carbons (Fsp3) is 0.286. The van der Waals surface area contributed by atoms with Gasteiger partial charge in [0.15, 0.2) is 0 Å². The van der Waals surface area contributed by atoms with E-state index in [4.69, 9.17) is 4.74 Å². The zero-order valence-electron chi connectivity index (χ0n) is 16.1. The molecule has 0 heterocycles. The van der Waals surface area contributed by atoms with Crippen LogP contribution in [-0.4, -0.2) is 46.9 Å². The molecule has 0 bridgehead atoms. The highest BCUT2D eigenvalue weighted by atomic mass is 79.9. The molecule has 2 aromatic carbocycles. The van der Waals surface area contributed by atoms with Crippen molar-refractivity contribution in [3.63, 3.8) is 0 Å². The first-order chi connectivity index (χ1) is 14.3. The lowest BCUT2D eigenvalue weighted by Gasteiger charge is -2.17. The minimum atomic E-state index is -1.18. The molecule has 2 amide bonds. The van der Waals surface area contributed by atoms with Gasteiger partial charge in [0, 0.05) is 17.4 Å². The highest BCUT2D eigenvalue weighted by Gasteiger charge is 2.22. The molecule has 0 aliphatic heterocycles. The lowest BCUT2D eigenvalue weighted by atomic mass is 10.1. The highest BCUT2D eigenvalue weighted by molar-refractivity contribution is 9.10. The SMILES string of the molecule is O=C(C[C@@H](O)CNC(=O)OCc1ccccc1)N[C@H](Cc1ccc(Br)cc1)C(=O)O. The number of hydrogen-bond acceptors (Lipinski definition) is 5. The molecule has 0 fully saturated rings. The summed E-state index contributed by atoms with van der Waals surface area (Å²) in [5.41, 5.74) is 1.56. The molecule has 0 unspecified atom stereocenters. The zero-order chi connectivity index (χ0) is 21.9. The van der Waals surface area contributed by atoms with Gasteiger partial charge in [0.05, 0.1) is 12.5 Å². The molecule has 0 aliphatic carbocycles. The van der Waals surface area contributed by atoms with E-state index in [1.807, 2.05) is 18.2 Å². The second-order valence-electron chi connectivity index (χ2n) is 6.59. The number of alkyl carbamates (subject to hydrolysis) is 1. The van der Waals surface area contributed by atoms with Gasteiger partial charge in [-0.15, -0.1) is 0 Å². The number of carbonyl (C=O) groups is 3. The van der Waals surface area contributed by atoms with E-state index in [9.17, 15) is 24.6 Å². The van der Waals surface area contributed by atoms with Gasteiger partial charge in [-0.25, -0.2) is 9.59 Å². The first-order valence-corrected chi connectivity index (χ1v) is 10.0. The van der Waals surface area contributed by atoms with E-state index in [0.717, 1.165) is 15.6 Å². The minimum absolute atomic E-state index is 0.0829. The maximum absolute atomic E-state index is 12.1. The molecular formula is C21H23BrN2O6. The Bertz CT molecular complexity index is 844. The molecule has 0 aliphatic rings. The van der Waals surface area contributed by atoms with Crippen molar-refractivity contribution in [2.75, 3.05) is 6.54 Å². The fourth-order valence-corrected chi connectivity index (χ4v) is 2.84. The Kier molecular flexibility index (Phi) is 9.30. The Morgan fingerprint density at radius 1 is 1.00 bits per heavy atom. The van der Waals surface area contributed by atoms with Crippen molar-refractivity contribution < 1.29 is 29.3 Å². The van der Waals surface area contributed by atoms with Crippen LogP contribution in [0, 0.1) is 0 Å². The maximum Gasteiger partial charge on any atom is 0.407 e. The van der Waals surface area contributed by atoms with E-state index in [2.05, 4.69) is 26.6 Å². The number of benzene rings is 2. The summed E-state index contributed by atoms with van der Waals surface area (Å²) in [6.45, 7) is -0.120. The predicted octanol–water partition coefficient (Wildman–Crippen LogP) is 2.24. The molecule has 0 saturated carbocycles. The molecule has 9 heteroatoms. The van der Waals surface area contributed by atoms with Gasteiger partial charge in [0.1, 0.15) is 12.6 Å². The second-order valence-corrected chi connectivity index (χ2v) is 7.51. The van der Waals surface area contributed by atoms with Gasteiger partial charge >= 0.3 is 12.1 Å². The summed E-state index contributed by atoms with van der Waals surface area (Å²) < 4.78 is 5.87. The van der Waals surface area contributed by atoms with Crippen LogP contribution in [-0.2, 0) is 27.4 Å². The van der Waals surface area contributed by atoms with Gasteiger partial charge in [-0.05, 0) is 23.3 Å².